The van der Waals surface area contributed by atoms with Crippen LogP contribution in [0.3, 0.4) is 0 Å². The number of anilines is 1. The van der Waals surface area contributed by atoms with E-state index < -0.39 is 0 Å². The Morgan fingerprint density at radius 2 is 1.71 bits per heavy atom. The Bertz CT molecular complexity index is 724. The molecule has 0 atom stereocenters. The molecule has 1 saturated heterocycles. The maximum absolute atomic E-state index is 12.3. The van der Waals surface area contributed by atoms with Crippen LogP contribution in [0.2, 0.25) is 0 Å². The normalized spacial score (nSPS) is 16.5. The highest BCUT2D eigenvalue weighted by Gasteiger charge is 2.23. The highest BCUT2D eigenvalue weighted by atomic mass is 16.2. The number of fused-ring (bicyclic) bond motifs is 1. The van der Waals surface area contributed by atoms with E-state index >= 15 is 0 Å². The fourth-order valence-electron chi connectivity index (χ4n) is 4.00. The fourth-order valence-corrected chi connectivity index (χ4v) is 4.00. The van der Waals surface area contributed by atoms with Crippen molar-refractivity contribution < 1.29 is 14.4 Å². The molecule has 1 aromatic rings. The monoisotopic (exact) mass is 385 g/mol. The Kier molecular flexibility index (Phi) is 7.06. The van der Waals surface area contributed by atoms with Gasteiger partial charge >= 0.3 is 0 Å². The number of amides is 3. The van der Waals surface area contributed by atoms with Gasteiger partial charge in [-0.15, -0.1) is 0 Å². The predicted octanol–water partition coefficient (Wildman–Crippen LogP) is 2.78. The Hall–Kier alpha value is -2.37. The average Bonchev–Trinajstić information content (AvgIpc) is 2.94. The van der Waals surface area contributed by atoms with E-state index in [1.54, 1.807) is 0 Å². The number of likely N-dealkylation sites (tertiary alicyclic amines) is 1. The van der Waals surface area contributed by atoms with E-state index in [0.29, 0.717) is 13.0 Å². The van der Waals surface area contributed by atoms with Gasteiger partial charge in [0.15, 0.2) is 0 Å². The summed E-state index contributed by atoms with van der Waals surface area (Å²) >= 11 is 0. The smallest absolute Gasteiger partial charge is 0.226 e. The maximum Gasteiger partial charge on any atom is 0.226 e. The van der Waals surface area contributed by atoms with Crippen LogP contribution >= 0.6 is 0 Å². The molecule has 0 bridgehead atoms. The van der Waals surface area contributed by atoms with Crippen LogP contribution in [-0.4, -0.2) is 42.3 Å². The maximum atomic E-state index is 12.3. The minimum absolute atomic E-state index is 0.0912. The van der Waals surface area contributed by atoms with Crippen LogP contribution < -0.4 is 10.2 Å². The Balaban J connectivity index is 1.45. The van der Waals surface area contributed by atoms with Crippen molar-refractivity contribution in [1.82, 2.24) is 10.2 Å². The lowest BCUT2D eigenvalue weighted by molar-refractivity contribution is -0.133. The molecule has 6 heteroatoms. The van der Waals surface area contributed by atoms with E-state index in [-0.39, 0.29) is 30.6 Å². The van der Waals surface area contributed by atoms with Crippen molar-refractivity contribution in [2.45, 2.75) is 64.8 Å². The first-order chi connectivity index (χ1) is 13.6. The summed E-state index contributed by atoms with van der Waals surface area (Å²) in [5.74, 6) is 0.149. The van der Waals surface area contributed by atoms with Gasteiger partial charge in [0.05, 0.1) is 0 Å². The van der Waals surface area contributed by atoms with Gasteiger partial charge in [0, 0.05) is 51.1 Å². The molecule has 2 heterocycles. The standard InChI is InChI=1S/C22H31N3O3/c1-2-21(27)25-14-11-18-15-17(7-8-19(18)25)16-23-20(26)9-10-22(28)24-12-5-3-4-6-13-24/h7-8,15H,2-6,9-14,16H2,1H3,(H,23,26). The minimum Gasteiger partial charge on any atom is -0.352 e. The highest BCUT2D eigenvalue weighted by molar-refractivity contribution is 5.95. The molecule has 0 saturated carbocycles. The zero-order valence-corrected chi connectivity index (χ0v) is 16.8. The number of carbonyl (C=O) groups excluding carboxylic acids is 3. The molecular weight excluding hydrogens is 354 g/mol. The van der Waals surface area contributed by atoms with Crippen molar-refractivity contribution in [3.8, 4) is 0 Å². The van der Waals surface area contributed by atoms with Gasteiger partial charge in [0.1, 0.15) is 0 Å². The Morgan fingerprint density at radius 1 is 0.964 bits per heavy atom. The lowest BCUT2D eigenvalue weighted by atomic mass is 10.1. The van der Waals surface area contributed by atoms with Gasteiger partial charge in [-0.1, -0.05) is 31.9 Å². The van der Waals surface area contributed by atoms with Crippen LogP contribution in [0.4, 0.5) is 5.69 Å². The number of hydrogen-bond acceptors (Lipinski definition) is 3. The van der Waals surface area contributed by atoms with E-state index in [1.165, 1.54) is 12.8 Å². The lowest BCUT2D eigenvalue weighted by Crippen LogP contribution is -2.33. The molecule has 0 spiro atoms. The highest BCUT2D eigenvalue weighted by Crippen LogP contribution is 2.29. The Labute approximate surface area is 167 Å². The minimum atomic E-state index is -0.0912. The largest absolute Gasteiger partial charge is 0.352 e. The molecule has 6 nitrogen and oxygen atoms in total. The summed E-state index contributed by atoms with van der Waals surface area (Å²) in [5, 5.41) is 2.92. The summed E-state index contributed by atoms with van der Waals surface area (Å²) < 4.78 is 0. The summed E-state index contributed by atoms with van der Waals surface area (Å²) in [6.45, 7) is 4.71. The summed E-state index contributed by atoms with van der Waals surface area (Å²) in [6, 6.07) is 6.00. The molecule has 1 fully saturated rings. The summed E-state index contributed by atoms with van der Waals surface area (Å²) in [4.78, 5) is 40.2. The summed E-state index contributed by atoms with van der Waals surface area (Å²) in [7, 11) is 0. The second-order valence-electron chi connectivity index (χ2n) is 7.68. The van der Waals surface area contributed by atoms with Crippen LogP contribution in [0.15, 0.2) is 18.2 Å². The average molecular weight is 386 g/mol. The first-order valence-corrected chi connectivity index (χ1v) is 10.5. The number of nitrogens with zero attached hydrogens (tertiary/aromatic N) is 2. The van der Waals surface area contributed by atoms with Gasteiger partial charge in [-0.3, -0.25) is 14.4 Å². The molecule has 28 heavy (non-hydrogen) atoms. The van der Waals surface area contributed by atoms with Gasteiger partial charge < -0.3 is 15.1 Å². The molecule has 0 aliphatic carbocycles. The zero-order chi connectivity index (χ0) is 19.9. The third-order valence-corrected chi connectivity index (χ3v) is 5.66. The summed E-state index contributed by atoms with van der Waals surface area (Å²) in [5.41, 5.74) is 3.17. The molecule has 1 N–H and O–H groups in total. The van der Waals surface area contributed by atoms with Crippen LogP contribution in [0.25, 0.3) is 0 Å². The number of carbonyl (C=O) groups is 3. The van der Waals surface area contributed by atoms with Gasteiger partial charge in [-0.05, 0) is 36.5 Å². The van der Waals surface area contributed by atoms with Crippen molar-refractivity contribution >= 4 is 23.4 Å². The number of hydrogen-bond donors (Lipinski definition) is 1. The molecular formula is C22H31N3O3. The molecule has 0 radical (unpaired) electrons. The molecule has 3 rings (SSSR count). The Morgan fingerprint density at radius 3 is 2.43 bits per heavy atom. The van der Waals surface area contributed by atoms with Crippen molar-refractivity contribution in [2.75, 3.05) is 24.5 Å². The quantitative estimate of drug-likeness (QED) is 0.819. The van der Waals surface area contributed by atoms with E-state index in [1.807, 2.05) is 28.9 Å². The van der Waals surface area contributed by atoms with Crippen LogP contribution in [-0.2, 0) is 27.3 Å². The third-order valence-electron chi connectivity index (χ3n) is 5.66. The van der Waals surface area contributed by atoms with Gasteiger partial charge in [-0.25, -0.2) is 0 Å². The van der Waals surface area contributed by atoms with Gasteiger partial charge in [-0.2, -0.15) is 0 Å². The number of benzene rings is 1. The van der Waals surface area contributed by atoms with Gasteiger partial charge in [0.25, 0.3) is 0 Å². The summed E-state index contributed by atoms with van der Waals surface area (Å²) in [6.07, 6.45) is 6.39. The second-order valence-corrected chi connectivity index (χ2v) is 7.68. The zero-order valence-electron chi connectivity index (χ0n) is 16.8. The number of nitrogens with one attached hydrogen (secondary N) is 1. The molecule has 3 amide bonds. The molecule has 152 valence electrons. The van der Waals surface area contributed by atoms with Crippen molar-refractivity contribution in [2.24, 2.45) is 0 Å². The second kappa shape index (κ2) is 9.71. The van der Waals surface area contributed by atoms with Crippen LogP contribution in [0, 0.1) is 0 Å². The van der Waals surface area contributed by atoms with E-state index in [0.717, 1.165) is 55.7 Å². The van der Waals surface area contributed by atoms with Crippen molar-refractivity contribution in [1.29, 1.82) is 0 Å². The molecule has 2 aliphatic heterocycles. The molecule has 0 aromatic heterocycles. The predicted molar refractivity (Wildman–Crippen MR) is 109 cm³/mol. The van der Waals surface area contributed by atoms with Gasteiger partial charge in [0.2, 0.25) is 17.7 Å². The van der Waals surface area contributed by atoms with Crippen molar-refractivity contribution in [3.05, 3.63) is 29.3 Å². The molecule has 2 aliphatic rings. The van der Waals surface area contributed by atoms with Crippen LogP contribution in [0.5, 0.6) is 0 Å². The first kappa shape index (κ1) is 20.4. The molecule has 0 unspecified atom stereocenters. The number of rotatable bonds is 6. The third kappa shape index (κ3) is 5.12. The molecule has 1 aromatic carbocycles. The SMILES string of the molecule is CCC(=O)N1CCc2cc(CNC(=O)CCC(=O)N3CCCCCC3)ccc21. The van der Waals surface area contributed by atoms with Crippen molar-refractivity contribution in [3.63, 3.8) is 0 Å². The topological polar surface area (TPSA) is 69.7 Å². The first-order valence-electron chi connectivity index (χ1n) is 10.5. The van der Waals surface area contributed by atoms with E-state index in [2.05, 4.69) is 11.4 Å². The fraction of sp³-hybridized carbons (Fsp3) is 0.591. The van der Waals surface area contributed by atoms with Crippen LogP contribution in [0.1, 0.15) is 63.0 Å². The lowest BCUT2D eigenvalue weighted by Gasteiger charge is -2.20. The van der Waals surface area contributed by atoms with E-state index in [9.17, 15) is 14.4 Å². The van der Waals surface area contributed by atoms with E-state index in [4.69, 9.17) is 0 Å².